The van der Waals surface area contributed by atoms with Crippen molar-refractivity contribution in [3.05, 3.63) is 29.3 Å². The van der Waals surface area contributed by atoms with Crippen LogP contribution in [-0.4, -0.2) is 17.4 Å². The molecule has 2 saturated carbocycles. The van der Waals surface area contributed by atoms with Crippen LogP contribution >= 0.6 is 17.0 Å². The number of phenolic OH excluding ortho intramolecular Hbond substituents is 1. The van der Waals surface area contributed by atoms with E-state index in [0.717, 1.165) is 23.0 Å². The number of hydrogen-bond donors (Lipinski definition) is 1. The maximum atomic E-state index is 9.79. The second-order valence-electron chi connectivity index (χ2n) is 4.76. The van der Waals surface area contributed by atoms with E-state index in [-0.39, 0.29) is 0 Å². The van der Waals surface area contributed by atoms with Gasteiger partial charge in [-0.3, -0.25) is 4.99 Å². The van der Waals surface area contributed by atoms with Crippen LogP contribution in [0.1, 0.15) is 24.0 Å². The molecule has 1 aromatic rings. The number of aliphatic imine (C=N–C) groups is 1. The Balaban J connectivity index is 0.000000367. The van der Waals surface area contributed by atoms with Gasteiger partial charge in [0.15, 0.2) is 0 Å². The van der Waals surface area contributed by atoms with E-state index in [9.17, 15) is 5.11 Å². The van der Waals surface area contributed by atoms with Gasteiger partial charge in [0.2, 0.25) is 0 Å². The van der Waals surface area contributed by atoms with Gasteiger partial charge in [-0.25, -0.2) is 0 Å². The zero-order valence-corrected chi connectivity index (χ0v) is 14.1. The van der Waals surface area contributed by atoms with Crippen molar-refractivity contribution in [2.45, 2.75) is 25.8 Å². The molecule has 18 heavy (non-hydrogen) atoms. The van der Waals surface area contributed by atoms with Crippen molar-refractivity contribution in [3.63, 3.8) is 0 Å². The van der Waals surface area contributed by atoms with Crippen molar-refractivity contribution in [2.75, 3.05) is 0 Å². The predicted octanol–water partition coefficient (Wildman–Crippen LogP) is 3.90. The van der Waals surface area contributed by atoms with Crippen LogP contribution in [0.5, 0.6) is 5.75 Å². The summed E-state index contributed by atoms with van der Waals surface area (Å²) in [6, 6.07) is 6.34. The van der Waals surface area contributed by atoms with E-state index < -0.39 is 20.8 Å². The molecule has 0 saturated heterocycles. The first kappa shape index (κ1) is 14.6. The minimum absolute atomic E-state index is 0.370. The molecule has 0 heterocycles. The normalized spacial score (nSPS) is 27.8. The molecular weight excluding hydrogens is 348 g/mol. The summed E-state index contributed by atoms with van der Waals surface area (Å²) in [5.41, 5.74) is 1.76. The molecule has 2 atom stereocenters. The summed E-state index contributed by atoms with van der Waals surface area (Å²) in [6.45, 7) is 1.91. The Morgan fingerprint density at radius 1 is 1.33 bits per heavy atom. The van der Waals surface area contributed by atoms with E-state index >= 15 is 0 Å². The molecule has 0 aromatic heterocycles. The SMILES string of the molecule is Cc1cccc(C=NC2C3CCC32)c1O.[Cl][Zr][Cl]. The molecule has 1 aromatic carbocycles. The first-order valence-electron chi connectivity index (χ1n) is 5.97. The summed E-state index contributed by atoms with van der Waals surface area (Å²) in [6.07, 6.45) is 4.55. The topological polar surface area (TPSA) is 32.6 Å². The van der Waals surface area contributed by atoms with E-state index in [1.54, 1.807) is 0 Å². The molecule has 2 aliphatic carbocycles. The number of benzene rings is 1. The third-order valence-electron chi connectivity index (χ3n) is 3.77. The molecule has 0 spiro atoms. The van der Waals surface area contributed by atoms with Crippen molar-refractivity contribution < 1.29 is 26.0 Å². The summed E-state index contributed by atoms with van der Waals surface area (Å²) in [5, 5.41) is 9.79. The second-order valence-corrected chi connectivity index (χ2v) is 8.49. The Labute approximate surface area is 126 Å². The average molecular weight is 363 g/mol. The molecule has 2 nitrogen and oxygen atoms in total. The third-order valence-corrected chi connectivity index (χ3v) is 3.77. The maximum absolute atomic E-state index is 9.79. The molecule has 0 radical (unpaired) electrons. The molecule has 0 bridgehead atoms. The molecule has 2 aliphatic rings. The molecule has 96 valence electrons. The van der Waals surface area contributed by atoms with Gasteiger partial charge in [-0.1, -0.05) is 12.1 Å². The standard InChI is InChI=1S/C13H15NO.2ClH.Zr/c1-8-3-2-4-9(13(8)15)7-14-12-10-5-6-11(10)12;;;/h2-4,7,10-12,15H,5-6H2,1H3;2*1H;/q;;;+2/p-2. The molecule has 1 N–H and O–H groups in total. The molecule has 0 aliphatic heterocycles. The fraction of sp³-hybridized carbons (Fsp3) is 0.462. The number of aryl methyl sites for hydroxylation is 1. The van der Waals surface area contributed by atoms with E-state index in [4.69, 9.17) is 17.0 Å². The molecule has 3 rings (SSSR count). The van der Waals surface area contributed by atoms with Crippen LogP contribution < -0.4 is 0 Å². The molecule has 0 amide bonds. The number of hydrogen-bond acceptors (Lipinski definition) is 2. The van der Waals surface area contributed by atoms with E-state index in [2.05, 4.69) is 4.99 Å². The van der Waals surface area contributed by atoms with Crippen molar-refractivity contribution >= 4 is 23.2 Å². The van der Waals surface area contributed by atoms with Gasteiger partial charge in [-0.05, 0) is 43.2 Å². The van der Waals surface area contributed by atoms with Gasteiger partial charge in [0.25, 0.3) is 0 Å². The van der Waals surface area contributed by atoms with Crippen LogP contribution in [0.15, 0.2) is 23.2 Å². The molecule has 5 heteroatoms. The van der Waals surface area contributed by atoms with Gasteiger partial charge >= 0.3 is 37.9 Å². The zero-order chi connectivity index (χ0) is 13.1. The van der Waals surface area contributed by atoms with Crippen LogP contribution in [0.2, 0.25) is 0 Å². The Morgan fingerprint density at radius 2 is 1.94 bits per heavy atom. The van der Waals surface area contributed by atoms with E-state index in [0.29, 0.717) is 11.8 Å². The fourth-order valence-corrected chi connectivity index (χ4v) is 2.49. The zero-order valence-electron chi connectivity index (χ0n) is 10.1. The van der Waals surface area contributed by atoms with Gasteiger partial charge in [0.1, 0.15) is 5.75 Å². The molecule has 2 unspecified atom stereocenters. The van der Waals surface area contributed by atoms with Crippen LogP contribution in [-0.2, 0) is 20.8 Å². The second kappa shape index (κ2) is 6.54. The number of fused-ring (bicyclic) bond motifs is 1. The van der Waals surface area contributed by atoms with E-state index in [1.807, 2.05) is 31.3 Å². The summed E-state index contributed by atoms with van der Waals surface area (Å²) in [4.78, 5) is 4.55. The van der Waals surface area contributed by atoms with Crippen molar-refractivity contribution in [1.29, 1.82) is 0 Å². The van der Waals surface area contributed by atoms with E-state index in [1.165, 1.54) is 12.8 Å². The van der Waals surface area contributed by atoms with Crippen LogP contribution in [0.3, 0.4) is 0 Å². The number of phenols is 1. The Bertz CT molecular complexity index is 443. The van der Waals surface area contributed by atoms with Crippen LogP contribution in [0.25, 0.3) is 0 Å². The first-order valence-corrected chi connectivity index (χ1v) is 12.3. The van der Waals surface area contributed by atoms with Crippen LogP contribution in [0.4, 0.5) is 0 Å². The summed E-state index contributed by atoms with van der Waals surface area (Å²) in [5.74, 6) is 2.11. The summed E-state index contributed by atoms with van der Waals surface area (Å²) < 4.78 is 0. The number of nitrogens with zero attached hydrogens (tertiary/aromatic N) is 1. The average Bonchev–Trinajstić information content (AvgIpc) is 2.81. The number of halogens is 2. The number of aromatic hydroxyl groups is 1. The Kier molecular flexibility index (Phi) is 5.29. The van der Waals surface area contributed by atoms with Gasteiger partial charge in [-0.15, -0.1) is 0 Å². The van der Waals surface area contributed by atoms with Crippen molar-refractivity contribution in [2.24, 2.45) is 16.8 Å². The molecular formula is C13H15Cl2NOZr. The predicted molar refractivity (Wildman–Crippen MR) is 72.1 cm³/mol. The van der Waals surface area contributed by atoms with Crippen LogP contribution in [0, 0.1) is 18.8 Å². The van der Waals surface area contributed by atoms with Gasteiger partial charge in [0.05, 0.1) is 6.04 Å². The quantitative estimate of drug-likeness (QED) is 0.794. The minimum atomic E-state index is -0.826. The third kappa shape index (κ3) is 3.18. The van der Waals surface area contributed by atoms with Gasteiger partial charge in [0, 0.05) is 11.8 Å². The number of para-hydroxylation sites is 1. The van der Waals surface area contributed by atoms with Gasteiger partial charge in [-0.2, -0.15) is 0 Å². The van der Waals surface area contributed by atoms with Gasteiger partial charge < -0.3 is 5.11 Å². The first-order chi connectivity index (χ1) is 8.69. The Morgan fingerprint density at radius 3 is 2.50 bits per heavy atom. The summed E-state index contributed by atoms with van der Waals surface area (Å²) >= 11 is -0.826. The molecule has 2 fully saturated rings. The Hall–Kier alpha value is 0.153. The van der Waals surface area contributed by atoms with Crippen molar-refractivity contribution in [1.82, 2.24) is 0 Å². The summed E-state index contributed by atoms with van der Waals surface area (Å²) in [7, 11) is 9.87. The monoisotopic (exact) mass is 361 g/mol. The van der Waals surface area contributed by atoms with Crippen molar-refractivity contribution in [3.8, 4) is 5.75 Å². The number of rotatable bonds is 2. The fourth-order valence-electron chi connectivity index (χ4n) is 2.49.